The fourth-order valence-corrected chi connectivity index (χ4v) is 3.09. The van der Waals surface area contributed by atoms with Crippen molar-refractivity contribution in [1.82, 2.24) is 5.32 Å². The molecule has 2 aliphatic rings. The quantitative estimate of drug-likeness (QED) is 0.813. The Bertz CT molecular complexity index is 340. The van der Waals surface area contributed by atoms with Crippen LogP contribution in [-0.2, 0) is 14.3 Å². The Kier molecular flexibility index (Phi) is 6.02. The van der Waals surface area contributed by atoms with Crippen molar-refractivity contribution < 1.29 is 14.3 Å². The Morgan fingerprint density at radius 3 is 2.62 bits per heavy atom. The normalized spacial score (nSPS) is 28.0. The predicted molar refractivity (Wildman–Crippen MR) is 81.7 cm³/mol. The largest absolute Gasteiger partial charge is 0.352 e. The van der Waals surface area contributed by atoms with Crippen molar-refractivity contribution in [2.45, 2.75) is 76.7 Å². The summed E-state index contributed by atoms with van der Waals surface area (Å²) in [4.78, 5) is 12.0. The summed E-state index contributed by atoms with van der Waals surface area (Å²) >= 11 is 0. The van der Waals surface area contributed by atoms with E-state index >= 15 is 0 Å². The molecule has 5 heteroatoms. The van der Waals surface area contributed by atoms with E-state index in [1.165, 1.54) is 12.8 Å². The summed E-state index contributed by atoms with van der Waals surface area (Å²) in [5.74, 6) is -0.279. The maximum Gasteiger partial charge on any atom is 0.237 e. The molecule has 1 saturated carbocycles. The molecule has 3 unspecified atom stereocenters. The van der Waals surface area contributed by atoms with E-state index in [0.29, 0.717) is 13.2 Å². The van der Waals surface area contributed by atoms with Crippen LogP contribution in [0.2, 0.25) is 0 Å². The minimum Gasteiger partial charge on any atom is -0.352 e. The average Bonchev–Trinajstić information content (AvgIpc) is 2.75. The third-order valence-corrected chi connectivity index (χ3v) is 4.84. The van der Waals surface area contributed by atoms with E-state index in [4.69, 9.17) is 15.2 Å². The lowest BCUT2D eigenvalue weighted by molar-refractivity contribution is -0.175. The van der Waals surface area contributed by atoms with Gasteiger partial charge in [-0.2, -0.15) is 0 Å². The topological polar surface area (TPSA) is 73.6 Å². The van der Waals surface area contributed by atoms with E-state index in [9.17, 15) is 4.79 Å². The fourth-order valence-electron chi connectivity index (χ4n) is 3.09. The lowest BCUT2D eigenvalue weighted by Crippen LogP contribution is -2.47. The molecule has 21 heavy (non-hydrogen) atoms. The first kappa shape index (κ1) is 16.7. The van der Waals surface area contributed by atoms with Crippen LogP contribution < -0.4 is 11.1 Å². The number of hydrogen-bond donors (Lipinski definition) is 2. The second-order valence-electron chi connectivity index (χ2n) is 6.53. The van der Waals surface area contributed by atoms with Crippen molar-refractivity contribution in [3.05, 3.63) is 0 Å². The average molecular weight is 298 g/mol. The monoisotopic (exact) mass is 298 g/mol. The number of nitrogens with one attached hydrogen (secondary N) is 1. The fraction of sp³-hybridized carbons (Fsp3) is 0.938. The Morgan fingerprint density at radius 2 is 2.00 bits per heavy atom. The SMILES string of the molecule is CCC(C)C(N)C(=O)NCC1COC2(CCCCCC2)O1. The first-order chi connectivity index (χ1) is 10.1. The zero-order valence-corrected chi connectivity index (χ0v) is 13.4. The molecule has 0 aromatic rings. The van der Waals surface area contributed by atoms with Gasteiger partial charge in [-0.1, -0.05) is 33.1 Å². The molecule has 2 rings (SSSR count). The molecule has 5 nitrogen and oxygen atoms in total. The summed E-state index contributed by atoms with van der Waals surface area (Å²) in [6.07, 6.45) is 7.67. The molecular formula is C16H30N2O3. The summed E-state index contributed by atoms with van der Waals surface area (Å²) in [6.45, 7) is 5.10. The van der Waals surface area contributed by atoms with Gasteiger partial charge in [0, 0.05) is 19.4 Å². The van der Waals surface area contributed by atoms with Crippen molar-refractivity contribution in [3.8, 4) is 0 Å². The van der Waals surface area contributed by atoms with Crippen LogP contribution in [0, 0.1) is 5.92 Å². The maximum atomic E-state index is 12.0. The van der Waals surface area contributed by atoms with E-state index in [1.54, 1.807) is 0 Å². The number of nitrogens with two attached hydrogens (primary N) is 1. The summed E-state index contributed by atoms with van der Waals surface area (Å²) in [7, 11) is 0. The lowest BCUT2D eigenvalue weighted by Gasteiger charge is -2.26. The van der Waals surface area contributed by atoms with Crippen LogP contribution in [0.3, 0.4) is 0 Å². The number of rotatable bonds is 5. The highest BCUT2D eigenvalue weighted by Crippen LogP contribution is 2.36. The van der Waals surface area contributed by atoms with Gasteiger partial charge in [-0.15, -0.1) is 0 Å². The maximum absolute atomic E-state index is 12.0. The van der Waals surface area contributed by atoms with Crippen molar-refractivity contribution in [2.75, 3.05) is 13.2 Å². The number of carbonyl (C=O) groups excluding carboxylic acids is 1. The molecule has 1 aliphatic heterocycles. The molecule has 0 radical (unpaired) electrons. The number of ether oxygens (including phenoxy) is 2. The van der Waals surface area contributed by atoms with Crippen LogP contribution in [0.1, 0.15) is 58.8 Å². The molecule has 3 atom stereocenters. The Hall–Kier alpha value is -0.650. The third-order valence-electron chi connectivity index (χ3n) is 4.84. The molecule has 0 bridgehead atoms. The smallest absolute Gasteiger partial charge is 0.237 e. The highest BCUT2D eigenvalue weighted by Gasteiger charge is 2.41. The van der Waals surface area contributed by atoms with E-state index < -0.39 is 6.04 Å². The van der Waals surface area contributed by atoms with Crippen molar-refractivity contribution in [2.24, 2.45) is 11.7 Å². The molecule has 1 spiro atoms. The molecule has 1 saturated heterocycles. The molecule has 1 heterocycles. The molecule has 0 aromatic heterocycles. The van der Waals surface area contributed by atoms with Gasteiger partial charge in [-0.3, -0.25) is 4.79 Å². The van der Waals surface area contributed by atoms with Crippen molar-refractivity contribution in [1.29, 1.82) is 0 Å². The highest BCUT2D eigenvalue weighted by atomic mass is 16.7. The van der Waals surface area contributed by atoms with Gasteiger partial charge in [0.15, 0.2) is 5.79 Å². The minimum absolute atomic E-state index is 0.0452. The van der Waals surface area contributed by atoms with E-state index in [-0.39, 0.29) is 23.7 Å². The molecule has 3 N–H and O–H groups in total. The molecule has 1 amide bonds. The third kappa shape index (κ3) is 4.41. The molecule has 2 fully saturated rings. The van der Waals surface area contributed by atoms with Crippen molar-refractivity contribution >= 4 is 5.91 Å². The van der Waals surface area contributed by atoms with Crippen LogP contribution in [0.4, 0.5) is 0 Å². The summed E-state index contributed by atoms with van der Waals surface area (Å²) in [5.41, 5.74) is 5.93. The summed E-state index contributed by atoms with van der Waals surface area (Å²) < 4.78 is 12.0. The molecular weight excluding hydrogens is 268 g/mol. The second kappa shape index (κ2) is 7.56. The van der Waals surface area contributed by atoms with Gasteiger partial charge in [-0.05, 0) is 18.8 Å². The standard InChI is InChI=1S/C16H30N2O3/c1-3-12(2)14(17)15(19)18-10-13-11-20-16(21-13)8-6-4-5-7-9-16/h12-14H,3-11,17H2,1-2H3,(H,18,19). The number of amides is 1. The van der Waals surface area contributed by atoms with Gasteiger partial charge >= 0.3 is 0 Å². The lowest BCUT2D eigenvalue weighted by atomic mass is 9.99. The van der Waals surface area contributed by atoms with Crippen LogP contribution in [0.15, 0.2) is 0 Å². The van der Waals surface area contributed by atoms with Gasteiger partial charge in [0.25, 0.3) is 0 Å². The zero-order valence-electron chi connectivity index (χ0n) is 13.4. The van der Waals surface area contributed by atoms with Crippen LogP contribution >= 0.6 is 0 Å². The second-order valence-corrected chi connectivity index (χ2v) is 6.53. The summed E-state index contributed by atoms with van der Waals surface area (Å²) in [5, 5.41) is 2.91. The highest BCUT2D eigenvalue weighted by molar-refractivity contribution is 5.81. The zero-order chi connectivity index (χ0) is 15.3. The molecule has 1 aliphatic carbocycles. The van der Waals surface area contributed by atoms with Gasteiger partial charge in [0.2, 0.25) is 5.91 Å². The van der Waals surface area contributed by atoms with Crippen LogP contribution in [0.5, 0.6) is 0 Å². The summed E-state index contributed by atoms with van der Waals surface area (Å²) in [6, 6.07) is -0.441. The van der Waals surface area contributed by atoms with Gasteiger partial charge in [-0.25, -0.2) is 0 Å². The molecule has 122 valence electrons. The van der Waals surface area contributed by atoms with E-state index in [1.807, 2.05) is 13.8 Å². The Morgan fingerprint density at radius 1 is 1.33 bits per heavy atom. The van der Waals surface area contributed by atoms with Crippen LogP contribution in [-0.4, -0.2) is 37.0 Å². The van der Waals surface area contributed by atoms with Crippen molar-refractivity contribution in [3.63, 3.8) is 0 Å². The Labute approximate surface area is 127 Å². The predicted octanol–water partition coefficient (Wildman–Crippen LogP) is 1.94. The minimum atomic E-state index is -0.441. The number of carbonyl (C=O) groups is 1. The van der Waals surface area contributed by atoms with E-state index in [2.05, 4.69) is 5.32 Å². The van der Waals surface area contributed by atoms with E-state index in [0.717, 1.165) is 32.1 Å². The van der Waals surface area contributed by atoms with Gasteiger partial charge < -0.3 is 20.5 Å². The Balaban J connectivity index is 1.76. The molecule has 0 aromatic carbocycles. The number of hydrogen-bond acceptors (Lipinski definition) is 4. The first-order valence-electron chi connectivity index (χ1n) is 8.41. The van der Waals surface area contributed by atoms with Gasteiger partial charge in [0.1, 0.15) is 6.10 Å². The first-order valence-corrected chi connectivity index (χ1v) is 8.41. The van der Waals surface area contributed by atoms with Crippen LogP contribution in [0.25, 0.3) is 0 Å². The van der Waals surface area contributed by atoms with Gasteiger partial charge in [0.05, 0.1) is 12.6 Å².